The van der Waals surface area contributed by atoms with Gasteiger partial charge in [0.25, 0.3) is 0 Å². The van der Waals surface area contributed by atoms with Gasteiger partial charge in [0.05, 0.1) is 3.70 Å². The normalized spacial score (nSPS) is 11.7. The van der Waals surface area contributed by atoms with Gasteiger partial charge in [-0.1, -0.05) is 48.5 Å². The van der Waals surface area contributed by atoms with Gasteiger partial charge in [0.1, 0.15) is 0 Å². The summed E-state index contributed by atoms with van der Waals surface area (Å²) in [5.41, 5.74) is 3.11. The minimum absolute atomic E-state index is 0.0618. The lowest BCUT2D eigenvalue weighted by Gasteiger charge is -2.09. The fourth-order valence-corrected chi connectivity index (χ4v) is 3.89. The van der Waals surface area contributed by atoms with Crippen LogP contribution in [0.3, 0.4) is 0 Å². The highest BCUT2D eigenvalue weighted by molar-refractivity contribution is 14.1. The van der Waals surface area contributed by atoms with E-state index < -0.39 is 12.1 Å². The van der Waals surface area contributed by atoms with Gasteiger partial charge in [-0.25, -0.2) is 0 Å². The van der Waals surface area contributed by atoms with Gasteiger partial charge in [-0.15, -0.1) is 0 Å². The second kappa shape index (κ2) is 7.69. The molecule has 3 rings (SSSR count). The van der Waals surface area contributed by atoms with Crippen molar-refractivity contribution in [1.29, 1.82) is 0 Å². The molecule has 0 fully saturated rings. The Kier molecular flexibility index (Phi) is 5.55. The zero-order valence-corrected chi connectivity index (χ0v) is 15.8. The Morgan fingerprint density at radius 3 is 2.38 bits per heavy atom. The maximum absolute atomic E-state index is 12.3. The molecule has 0 aliphatic rings. The Balaban J connectivity index is 1.86. The van der Waals surface area contributed by atoms with Crippen LogP contribution in [0, 0.1) is 3.70 Å². The Morgan fingerprint density at radius 2 is 1.69 bits per heavy atom. The molecule has 7 heteroatoms. The number of nitrogens with one attached hydrogen (secondary N) is 1. The smallest absolute Gasteiger partial charge is 0.348 e. The second-order valence-electron chi connectivity index (χ2n) is 5.86. The van der Waals surface area contributed by atoms with E-state index in [1.165, 1.54) is 0 Å². The Morgan fingerprint density at radius 1 is 1.04 bits per heavy atom. The van der Waals surface area contributed by atoms with Gasteiger partial charge in [-0.05, 0) is 46.2 Å². The SMILES string of the molecule is O=C(NCCc1c(I)n(Cc2ccccc2)c2ccccc12)C(F)(F)F. The molecule has 0 aliphatic carbocycles. The standard InChI is InChI=1S/C19H16F3IN2O/c20-19(21,22)18(26)24-11-10-15-14-8-4-5-9-16(14)25(17(15)23)12-13-6-2-1-3-7-13/h1-9H,10-12H2,(H,24,26). The molecule has 0 saturated carbocycles. The molecule has 3 aromatic rings. The lowest BCUT2D eigenvalue weighted by atomic mass is 10.1. The average Bonchev–Trinajstić information content (AvgIpc) is 2.87. The summed E-state index contributed by atoms with van der Waals surface area (Å²) in [6.07, 6.45) is -4.52. The quantitative estimate of drug-likeness (QED) is 0.545. The molecule has 1 amide bonds. The van der Waals surface area contributed by atoms with Crippen LogP contribution in [0.1, 0.15) is 11.1 Å². The summed E-state index contributed by atoms with van der Waals surface area (Å²) >= 11 is 2.22. The van der Waals surface area contributed by atoms with Crippen molar-refractivity contribution >= 4 is 39.4 Å². The summed E-state index contributed by atoms with van der Waals surface area (Å²) in [5, 5.41) is 2.94. The number of alkyl halides is 3. The van der Waals surface area contributed by atoms with Crippen LogP contribution in [-0.4, -0.2) is 23.2 Å². The molecular formula is C19H16F3IN2O. The summed E-state index contributed by atoms with van der Waals surface area (Å²) in [6, 6.07) is 17.8. The predicted octanol–water partition coefficient (Wildman–Crippen LogP) is 4.52. The van der Waals surface area contributed by atoms with E-state index in [0.717, 1.165) is 25.7 Å². The number of carbonyl (C=O) groups excluding carboxylic acids is 1. The molecule has 0 atom stereocenters. The van der Waals surface area contributed by atoms with Crippen molar-refractivity contribution in [3.05, 3.63) is 69.4 Å². The van der Waals surface area contributed by atoms with Crippen molar-refractivity contribution in [3.63, 3.8) is 0 Å². The van der Waals surface area contributed by atoms with E-state index in [0.29, 0.717) is 13.0 Å². The van der Waals surface area contributed by atoms with Crippen LogP contribution in [0.15, 0.2) is 54.6 Å². The monoisotopic (exact) mass is 472 g/mol. The van der Waals surface area contributed by atoms with Gasteiger partial charge in [0, 0.05) is 24.0 Å². The molecule has 1 heterocycles. The molecule has 1 aromatic heterocycles. The van der Waals surface area contributed by atoms with Crippen LogP contribution in [0.25, 0.3) is 10.9 Å². The summed E-state index contributed by atoms with van der Waals surface area (Å²) in [6.45, 7) is 0.613. The number of hydrogen-bond donors (Lipinski definition) is 1. The van der Waals surface area contributed by atoms with Crippen molar-refractivity contribution in [2.75, 3.05) is 6.54 Å². The number of aromatic nitrogens is 1. The number of rotatable bonds is 5. The molecule has 0 radical (unpaired) electrons. The lowest BCUT2D eigenvalue weighted by molar-refractivity contribution is -0.173. The number of nitrogens with zero attached hydrogens (tertiary/aromatic N) is 1. The highest BCUT2D eigenvalue weighted by Crippen LogP contribution is 2.29. The van der Waals surface area contributed by atoms with Crippen LogP contribution in [0.4, 0.5) is 13.2 Å². The Bertz CT molecular complexity index is 920. The number of benzene rings is 2. The topological polar surface area (TPSA) is 34.0 Å². The zero-order valence-electron chi connectivity index (χ0n) is 13.7. The maximum Gasteiger partial charge on any atom is 0.471 e. The molecule has 1 N–H and O–H groups in total. The zero-order chi connectivity index (χ0) is 18.7. The van der Waals surface area contributed by atoms with E-state index >= 15 is 0 Å². The van der Waals surface area contributed by atoms with Gasteiger partial charge in [-0.3, -0.25) is 4.79 Å². The third kappa shape index (κ3) is 4.03. The van der Waals surface area contributed by atoms with Crippen molar-refractivity contribution in [2.24, 2.45) is 0 Å². The molecule has 0 saturated heterocycles. The average molecular weight is 472 g/mol. The van der Waals surface area contributed by atoms with Crippen LogP contribution in [-0.2, 0) is 17.8 Å². The maximum atomic E-state index is 12.3. The first-order valence-electron chi connectivity index (χ1n) is 8.02. The molecule has 0 bridgehead atoms. The number of fused-ring (bicyclic) bond motifs is 1. The largest absolute Gasteiger partial charge is 0.471 e. The highest BCUT2D eigenvalue weighted by Gasteiger charge is 2.38. The van der Waals surface area contributed by atoms with Gasteiger partial charge in [0.15, 0.2) is 0 Å². The molecule has 136 valence electrons. The predicted molar refractivity (Wildman–Crippen MR) is 103 cm³/mol. The van der Waals surface area contributed by atoms with E-state index in [1.54, 1.807) is 0 Å². The number of para-hydroxylation sites is 1. The number of amides is 1. The molecule has 0 spiro atoms. The molecular weight excluding hydrogens is 456 g/mol. The minimum Gasteiger partial charge on any atom is -0.348 e. The lowest BCUT2D eigenvalue weighted by Crippen LogP contribution is -2.37. The Labute approximate surface area is 162 Å². The molecule has 2 aromatic carbocycles. The molecule has 3 nitrogen and oxygen atoms in total. The van der Waals surface area contributed by atoms with E-state index in [2.05, 4.69) is 27.2 Å². The fraction of sp³-hybridized carbons (Fsp3) is 0.211. The van der Waals surface area contributed by atoms with Crippen LogP contribution >= 0.6 is 22.6 Å². The summed E-state index contributed by atoms with van der Waals surface area (Å²) in [7, 11) is 0. The minimum atomic E-state index is -4.85. The molecule has 0 aliphatic heterocycles. The van der Waals surface area contributed by atoms with Crippen LogP contribution < -0.4 is 5.32 Å². The van der Waals surface area contributed by atoms with Crippen LogP contribution in [0.2, 0.25) is 0 Å². The van der Waals surface area contributed by atoms with E-state index in [-0.39, 0.29) is 6.54 Å². The first kappa shape index (κ1) is 18.8. The van der Waals surface area contributed by atoms with E-state index in [4.69, 9.17) is 0 Å². The van der Waals surface area contributed by atoms with Crippen LogP contribution in [0.5, 0.6) is 0 Å². The van der Waals surface area contributed by atoms with Crippen molar-refractivity contribution < 1.29 is 18.0 Å². The third-order valence-corrected chi connectivity index (χ3v) is 5.34. The second-order valence-corrected chi connectivity index (χ2v) is 6.88. The van der Waals surface area contributed by atoms with Crippen molar-refractivity contribution in [2.45, 2.75) is 19.1 Å². The summed E-state index contributed by atoms with van der Waals surface area (Å²) in [4.78, 5) is 11.0. The van der Waals surface area contributed by atoms with Crippen molar-refractivity contribution in [3.8, 4) is 0 Å². The Hall–Kier alpha value is -2.03. The fourth-order valence-electron chi connectivity index (χ4n) is 2.90. The van der Waals surface area contributed by atoms with Gasteiger partial charge in [-0.2, -0.15) is 13.2 Å². The van der Waals surface area contributed by atoms with Crippen molar-refractivity contribution in [1.82, 2.24) is 9.88 Å². The number of carbonyl (C=O) groups is 1. The van der Waals surface area contributed by atoms with Gasteiger partial charge < -0.3 is 9.88 Å². The highest BCUT2D eigenvalue weighted by atomic mass is 127. The van der Waals surface area contributed by atoms with E-state index in [1.807, 2.05) is 59.9 Å². The first-order chi connectivity index (χ1) is 12.4. The molecule has 0 unspecified atom stereocenters. The summed E-state index contributed by atoms with van der Waals surface area (Å²) in [5.74, 6) is -1.90. The first-order valence-corrected chi connectivity index (χ1v) is 9.10. The molecule has 26 heavy (non-hydrogen) atoms. The van der Waals surface area contributed by atoms with Gasteiger partial charge in [0.2, 0.25) is 0 Å². The summed E-state index contributed by atoms with van der Waals surface area (Å²) < 4.78 is 40.1. The van der Waals surface area contributed by atoms with Gasteiger partial charge >= 0.3 is 12.1 Å². The van der Waals surface area contributed by atoms with E-state index in [9.17, 15) is 18.0 Å². The number of halogens is 4. The number of hydrogen-bond acceptors (Lipinski definition) is 1. The third-order valence-electron chi connectivity index (χ3n) is 4.11.